The summed E-state index contributed by atoms with van der Waals surface area (Å²) in [6.07, 6.45) is 1.23. The minimum absolute atomic E-state index is 0.364. The molecule has 0 aliphatic rings. The van der Waals surface area contributed by atoms with Crippen LogP contribution in [0.2, 0.25) is 0 Å². The van der Waals surface area contributed by atoms with E-state index < -0.39 is 9.84 Å². The molecule has 0 fully saturated rings. The zero-order valence-corrected chi connectivity index (χ0v) is 11.7. The molecule has 1 N–H and O–H groups in total. The third-order valence-corrected chi connectivity index (χ3v) is 4.24. The molecule has 2 atom stereocenters. The molecule has 2 unspecified atom stereocenters. The monoisotopic (exact) mass is 255 g/mol. The van der Waals surface area contributed by atoms with Crippen LogP contribution < -0.4 is 5.32 Å². The van der Waals surface area contributed by atoms with Gasteiger partial charge in [-0.1, -0.05) is 26.0 Å². The highest BCUT2D eigenvalue weighted by atomic mass is 32.2. The summed E-state index contributed by atoms with van der Waals surface area (Å²) in [7, 11) is -3.09. The Balaban J connectivity index is 2.88. The maximum Gasteiger partial charge on any atom is 0.175 e. The smallest absolute Gasteiger partial charge is 0.175 e. The number of benzene rings is 1. The fourth-order valence-electron chi connectivity index (χ4n) is 1.81. The average Bonchev–Trinajstić information content (AvgIpc) is 2.27. The Morgan fingerprint density at radius 2 is 1.71 bits per heavy atom. The van der Waals surface area contributed by atoms with Crippen molar-refractivity contribution in [2.45, 2.75) is 37.6 Å². The Hall–Kier alpha value is -0.870. The van der Waals surface area contributed by atoms with Crippen LogP contribution in [-0.2, 0) is 9.84 Å². The van der Waals surface area contributed by atoms with Gasteiger partial charge in [0.2, 0.25) is 0 Å². The zero-order valence-electron chi connectivity index (χ0n) is 10.9. The van der Waals surface area contributed by atoms with E-state index in [2.05, 4.69) is 26.1 Å². The summed E-state index contributed by atoms with van der Waals surface area (Å²) in [6, 6.07) is 7.53. The van der Waals surface area contributed by atoms with E-state index in [9.17, 15) is 8.42 Å². The van der Waals surface area contributed by atoms with Crippen LogP contribution in [0.5, 0.6) is 0 Å². The van der Waals surface area contributed by atoms with Crippen molar-refractivity contribution in [2.75, 3.05) is 12.8 Å². The summed E-state index contributed by atoms with van der Waals surface area (Å²) >= 11 is 0. The van der Waals surface area contributed by atoms with Gasteiger partial charge in [0.05, 0.1) is 4.90 Å². The number of hydrogen-bond donors (Lipinski definition) is 1. The van der Waals surface area contributed by atoms with Crippen LogP contribution in [0.1, 0.15) is 32.3 Å². The molecule has 0 bridgehead atoms. The quantitative estimate of drug-likeness (QED) is 0.877. The van der Waals surface area contributed by atoms with Crippen LogP contribution in [0.15, 0.2) is 29.2 Å². The Kier molecular flexibility index (Phi) is 4.71. The van der Waals surface area contributed by atoms with Gasteiger partial charge in [-0.3, -0.25) is 0 Å². The van der Waals surface area contributed by atoms with Crippen LogP contribution in [0, 0.1) is 0 Å². The first kappa shape index (κ1) is 14.2. The first-order chi connectivity index (χ1) is 7.86. The molecule has 17 heavy (non-hydrogen) atoms. The molecule has 0 saturated heterocycles. The van der Waals surface area contributed by atoms with Crippen molar-refractivity contribution >= 4 is 9.84 Å². The highest BCUT2D eigenvalue weighted by molar-refractivity contribution is 7.90. The predicted molar refractivity (Wildman–Crippen MR) is 71.1 cm³/mol. The van der Waals surface area contributed by atoms with E-state index in [0.717, 1.165) is 12.1 Å². The highest BCUT2D eigenvalue weighted by Crippen LogP contribution is 2.20. The van der Waals surface area contributed by atoms with Gasteiger partial charge in [0.25, 0.3) is 0 Å². The first-order valence-electron chi connectivity index (χ1n) is 5.89. The number of likely N-dealkylation sites (N-methyl/N-ethyl adjacent to an activating group) is 1. The first-order valence-corrected chi connectivity index (χ1v) is 7.78. The molecule has 0 heterocycles. The van der Waals surface area contributed by atoms with Gasteiger partial charge in [0.1, 0.15) is 0 Å². The summed E-state index contributed by atoms with van der Waals surface area (Å²) in [5.74, 6) is 0.364. The molecule has 0 saturated carbocycles. The highest BCUT2D eigenvalue weighted by Gasteiger charge is 2.14. The van der Waals surface area contributed by atoms with Gasteiger partial charge in [-0.2, -0.15) is 0 Å². The molecule has 0 aliphatic carbocycles. The van der Waals surface area contributed by atoms with Crippen molar-refractivity contribution < 1.29 is 8.42 Å². The van der Waals surface area contributed by atoms with Crippen molar-refractivity contribution in [3.05, 3.63) is 29.8 Å². The molecule has 1 rings (SSSR count). The number of rotatable bonds is 5. The molecule has 0 amide bonds. The van der Waals surface area contributed by atoms with Crippen LogP contribution in [0.3, 0.4) is 0 Å². The van der Waals surface area contributed by atoms with E-state index >= 15 is 0 Å². The fraction of sp³-hybridized carbons (Fsp3) is 0.538. The van der Waals surface area contributed by atoms with Crippen LogP contribution in [-0.4, -0.2) is 27.3 Å². The molecule has 0 spiro atoms. The summed E-state index contributed by atoms with van der Waals surface area (Å²) in [5.41, 5.74) is 1.16. The maximum atomic E-state index is 11.3. The lowest BCUT2D eigenvalue weighted by atomic mass is 9.94. The minimum atomic E-state index is -3.09. The average molecular weight is 255 g/mol. The molecule has 1 aromatic carbocycles. The van der Waals surface area contributed by atoms with Gasteiger partial charge in [0, 0.05) is 12.3 Å². The molecular weight excluding hydrogens is 234 g/mol. The van der Waals surface area contributed by atoms with Gasteiger partial charge in [-0.15, -0.1) is 0 Å². The second-order valence-electron chi connectivity index (χ2n) is 4.48. The molecule has 0 aromatic heterocycles. The number of hydrogen-bond acceptors (Lipinski definition) is 3. The summed E-state index contributed by atoms with van der Waals surface area (Å²) < 4.78 is 22.7. The lowest BCUT2D eigenvalue weighted by Gasteiger charge is -2.21. The molecule has 4 heteroatoms. The Morgan fingerprint density at radius 1 is 1.18 bits per heavy atom. The lowest BCUT2D eigenvalue weighted by molar-refractivity contribution is 0.495. The van der Waals surface area contributed by atoms with E-state index in [1.54, 1.807) is 12.1 Å². The van der Waals surface area contributed by atoms with Crippen molar-refractivity contribution in [1.82, 2.24) is 5.32 Å². The number of nitrogens with one attached hydrogen (secondary N) is 1. The summed E-state index contributed by atoms with van der Waals surface area (Å²) in [6.45, 7) is 7.30. The van der Waals surface area contributed by atoms with E-state index in [0.29, 0.717) is 16.9 Å². The van der Waals surface area contributed by atoms with Gasteiger partial charge in [-0.05, 0) is 37.1 Å². The Morgan fingerprint density at radius 3 is 2.12 bits per heavy atom. The van der Waals surface area contributed by atoms with Crippen LogP contribution in [0.4, 0.5) is 0 Å². The maximum absolute atomic E-state index is 11.3. The standard InChI is InChI=1S/C13H21NO2S/c1-5-14-11(3)10(2)12-6-8-13(9-7-12)17(4,15)16/h6-11,14H,5H2,1-4H3. The summed E-state index contributed by atoms with van der Waals surface area (Å²) in [4.78, 5) is 0.379. The van der Waals surface area contributed by atoms with E-state index in [4.69, 9.17) is 0 Å². The second-order valence-corrected chi connectivity index (χ2v) is 6.49. The second kappa shape index (κ2) is 5.65. The molecule has 3 nitrogen and oxygen atoms in total. The molecule has 1 aromatic rings. The third kappa shape index (κ3) is 3.82. The molecular formula is C13H21NO2S. The molecule has 0 aliphatic heterocycles. The zero-order chi connectivity index (χ0) is 13.1. The Labute approximate surface area is 104 Å². The topological polar surface area (TPSA) is 46.2 Å². The van der Waals surface area contributed by atoms with Gasteiger partial charge in [-0.25, -0.2) is 8.42 Å². The third-order valence-electron chi connectivity index (χ3n) is 3.11. The van der Waals surface area contributed by atoms with Gasteiger partial charge in [0.15, 0.2) is 9.84 Å². The number of sulfone groups is 1. The SMILES string of the molecule is CCNC(C)C(C)c1ccc(S(C)(=O)=O)cc1. The van der Waals surface area contributed by atoms with Crippen LogP contribution in [0.25, 0.3) is 0 Å². The predicted octanol–water partition coefficient (Wildman–Crippen LogP) is 2.19. The van der Waals surface area contributed by atoms with E-state index in [-0.39, 0.29) is 0 Å². The van der Waals surface area contributed by atoms with E-state index in [1.165, 1.54) is 6.26 Å². The van der Waals surface area contributed by atoms with Crippen molar-refractivity contribution in [3.63, 3.8) is 0 Å². The van der Waals surface area contributed by atoms with E-state index in [1.807, 2.05) is 12.1 Å². The Bertz CT molecular complexity index is 451. The molecule has 0 radical (unpaired) electrons. The lowest BCUT2D eigenvalue weighted by Crippen LogP contribution is -2.30. The van der Waals surface area contributed by atoms with Crippen molar-refractivity contribution in [1.29, 1.82) is 0 Å². The minimum Gasteiger partial charge on any atom is -0.314 e. The molecule has 96 valence electrons. The summed E-state index contributed by atoms with van der Waals surface area (Å²) in [5, 5.41) is 3.37. The normalized spacial score (nSPS) is 15.5. The van der Waals surface area contributed by atoms with Gasteiger partial charge < -0.3 is 5.32 Å². The largest absolute Gasteiger partial charge is 0.314 e. The van der Waals surface area contributed by atoms with Gasteiger partial charge >= 0.3 is 0 Å². The van der Waals surface area contributed by atoms with Crippen molar-refractivity contribution in [3.8, 4) is 0 Å². The van der Waals surface area contributed by atoms with Crippen LogP contribution >= 0.6 is 0 Å². The van der Waals surface area contributed by atoms with Crippen molar-refractivity contribution in [2.24, 2.45) is 0 Å². The fourth-order valence-corrected chi connectivity index (χ4v) is 2.44.